The van der Waals surface area contributed by atoms with E-state index in [1.165, 1.54) is 6.07 Å². The van der Waals surface area contributed by atoms with Gasteiger partial charge >= 0.3 is 0 Å². The number of benzene rings is 1. The van der Waals surface area contributed by atoms with Crippen molar-refractivity contribution in [3.63, 3.8) is 0 Å². The molecule has 5 heteroatoms. The number of morpholine rings is 1. The van der Waals surface area contributed by atoms with Gasteiger partial charge in [-0.2, -0.15) is 0 Å². The van der Waals surface area contributed by atoms with E-state index >= 15 is 0 Å². The second-order valence-corrected chi connectivity index (χ2v) is 4.54. The molecule has 3 nitrogen and oxygen atoms in total. The maximum absolute atomic E-state index is 13.3. The number of halogens is 2. The summed E-state index contributed by atoms with van der Waals surface area (Å²) in [4.78, 5) is 2.09. The molecule has 1 atom stereocenters. The van der Waals surface area contributed by atoms with Crippen LogP contribution in [0.1, 0.15) is 5.56 Å². The summed E-state index contributed by atoms with van der Waals surface area (Å²) in [5.74, 6) is -0.405. The van der Waals surface area contributed by atoms with E-state index in [4.69, 9.17) is 16.3 Å². The first-order valence-corrected chi connectivity index (χ1v) is 5.95. The van der Waals surface area contributed by atoms with Gasteiger partial charge in [0.2, 0.25) is 0 Å². The van der Waals surface area contributed by atoms with Crippen LogP contribution in [0.4, 0.5) is 4.39 Å². The van der Waals surface area contributed by atoms with Crippen molar-refractivity contribution in [2.75, 3.05) is 26.4 Å². The number of hydrogen-bond acceptors (Lipinski definition) is 3. The number of rotatable bonds is 3. The fourth-order valence-corrected chi connectivity index (χ4v) is 2.06. The fraction of sp³-hybridized carbons (Fsp3) is 0.500. The number of hydrogen-bond donors (Lipinski definition) is 1. The van der Waals surface area contributed by atoms with Crippen LogP contribution in [0.15, 0.2) is 18.2 Å². The van der Waals surface area contributed by atoms with Gasteiger partial charge in [0.15, 0.2) is 0 Å². The first-order chi connectivity index (χ1) is 8.20. The molecule has 0 aromatic heterocycles. The zero-order valence-electron chi connectivity index (χ0n) is 9.40. The highest BCUT2D eigenvalue weighted by Crippen LogP contribution is 2.18. The summed E-state index contributed by atoms with van der Waals surface area (Å²) in [5, 5.41) is 9.36. The van der Waals surface area contributed by atoms with Crippen LogP contribution in [0.5, 0.6) is 0 Å². The third-order valence-corrected chi connectivity index (χ3v) is 3.24. The largest absolute Gasteiger partial charge is 0.395 e. The molecule has 0 bridgehead atoms. The van der Waals surface area contributed by atoms with E-state index in [1.807, 2.05) is 0 Å². The first kappa shape index (κ1) is 12.8. The van der Waals surface area contributed by atoms with Crippen molar-refractivity contribution in [3.05, 3.63) is 34.6 Å². The minimum atomic E-state index is -0.405. The molecule has 1 aromatic carbocycles. The van der Waals surface area contributed by atoms with Crippen LogP contribution in [-0.2, 0) is 11.3 Å². The number of nitrogens with zero attached hydrogens (tertiary/aromatic N) is 1. The Kier molecular flexibility index (Phi) is 4.34. The van der Waals surface area contributed by atoms with Crippen molar-refractivity contribution >= 4 is 11.6 Å². The van der Waals surface area contributed by atoms with Gasteiger partial charge in [0.25, 0.3) is 0 Å². The third kappa shape index (κ3) is 3.16. The lowest BCUT2D eigenvalue weighted by Gasteiger charge is -2.34. The van der Waals surface area contributed by atoms with E-state index in [2.05, 4.69) is 4.90 Å². The smallest absolute Gasteiger partial charge is 0.142 e. The Bertz CT molecular complexity index is 389. The number of ether oxygens (including phenoxy) is 1. The van der Waals surface area contributed by atoms with E-state index in [1.54, 1.807) is 12.1 Å². The Morgan fingerprint density at radius 2 is 2.35 bits per heavy atom. The van der Waals surface area contributed by atoms with Gasteiger partial charge in [-0.25, -0.2) is 4.39 Å². The van der Waals surface area contributed by atoms with Crippen LogP contribution >= 0.6 is 11.6 Å². The van der Waals surface area contributed by atoms with Gasteiger partial charge in [-0.05, 0) is 17.7 Å². The van der Waals surface area contributed by atoms with Crippen molar-refractivity contribution in [1.82, 2.24) is 4.90 Å². The van der Waals surface area contributed by atoms with E-state index < -0.39 is 5.82 Å². The van der Waals surface area contributed by atoms with E-state index in [9.17, 15) is 9.50 Å². The second-order valence-electron chi connectivity index (χ2n) is 4.13. The molecule has 1 unspecified atom stereocenters. The van der Waals surface area contributed by atoms with Crippen molar-refractivity contribution in [2.24, 2.45) is 0 Å². The molecule has 1 heterocycles. The van der Waals surface area contributed by atoms with Crippen molar-refractivity contribution < 1.29 is 14.2 Å². The van der Waals surface area contributed by atoms with Crippen LogP contribution in [-0.4, -0.2) is 42.4 Å². The summed E-state index contributed by atoms with van der Waals surface area (Å²) < 4.78 is 18.6. The lowest BCUT2D eigenvalue weighted by Crippen LogP contribution is -2.46. The lowest BCUT2D eigenvalue weighted by atomic mass is 10.1. The third-order valence-electron chi connectivity index (χ3n) is 2.93. The lowest BCUT2D eigenvalue weighted by molar-refractivity contribution is -0.0312. The van der Waals surface area contributed by atoms with E-state index in [-0.39, 0.29) is 17.7 Å². The van der Waals surface area contributed by atoms with Crippen LogP contribution in [0, 0.1) is 5.82 Å². The van der Waals surface area contributed by atoms with Crippen LogP contribution in [0.2, 0.25) is 5.02 Å². The van der Waals surface area contributed by atoms with Gasteiger partial charge in [-0.1, -0.05) is 17.7 Å². The summed E-state index contributed by atoms with van der Waals surface area (Å²) in [6, 6.07) is 4.78. The van der Waals surface area contributed by atoms with Gasteiger partial charge < -0.3 is 9.84 Å². The van der Waals surface area contributed by atoms with E-state index in [0.717, 1.165) is 12.1 Å². The zero-order valence-corrected chi connectivity index (χ0v) is 10.2. The zero-order chi connectivity index (χ0) is 12.3. The summed E-state index contributed by atoms with van der Waals surface area (Å²) in [6.45, 7) is 2.56. The number of aliphatic hydroxyl groups excluding tert-OH is 1. The topological polar surface area (TPSA) is 32.7 Å². The molecule has 1 fully saturated rings. The van der Waals surface area contributed by atoms with Gasteiger partial charge in [0.05, 0.1) is 30.9 Å². The van der Waals surface area contributed by atoms with Crippen molar-refractivity contribution in [2.45, 2.75) is 12.6 Å². The minimum Gasteiger partial charge on any atom is -0.395 e. The van der Waals surface area contributed by atoms with Crippen LogP contribution in [0.3, 0.4) is 0 Å². The summed E-state index contributed by atoms with van der Waals surface area (Å²) in [6.07, 6.45) is 0. The van der Waals surface area contributed by atoms with Gasteiger partial charge in [0.1, 0.15) is 5.82 Å². The average Bonchev–Trinajstić information content (AvgIpc) is 2.34. The Balaban J connectivity index is 2.05. The van der Waals surface area contributed by atoms with Gasteiger partial charge in [0, 0.05) is 13.1 Å². The van der Waals surface area contributed by atoms with E-state index in [0.29, 0.717) is 19.8 Å². The molecule has 1 aromatic rings. The highest BCUT2D eigenvalue weighted by molar-refractivity contribution is 6.30. The Hall–Kier alpha value is -0.680. The molecular formula is C12H15ClFNO2. The molecule has 17 heavy (non-hydrogen) atoms. The average molecular weight is 260 g/mol. The molecule has 0 radical (unpaired) electrons. The molecule has 0 saturated carbocycles. The standard InChI is InChI=1S/C12H15ClFNO2/c13-11-2-1-9(5-12(11)14)6-15-3-4-17-8-10(15)7-16/h1-2,5,10,16H,3-4,6-8H2. The second kappa shape index (κ2) is 5.78. The van der Waals surface area contributed by atoms with Crippen molar-refractivity contribution in [3.8, 4) is 0 Å². The molecule has 94 valence electrons. The molecule has 0 spiro atoms. The monoisotopic (exact) mass is 259 g/mol. The molecule has 1 aliphatic rings. The fourth-order valence-electron chi connectivity index (χ4n) is 1.94. The maximum atomic E-state index is 13.3. The quantitative estimate of drug-likeness (QED) is 0.896. The normalized spacial score (nSPS) is 21.7. The Morgan fingerprint density at radius 1 is 1.53 bits per heavy atom. The molecule has 0 amide bonds. The first-order valence-electron chi connectivity index (χ1n) is 5.57. The maximum Gasteiger partial charge on any atom is 0.142 e. The predicted molar refractivity (Wildman–Crippen MR) is 63.5 cm³/mol. The Morgan fingerprint density at radius 3 is 3.06 bits per heavy atom. The molecular weight excluding hydrogens is 245 g/mol. The van der Waals surface area contributed by atoms with Crippen LogP contribution < -0.4 is 0 Å². The molecule has 1 aliphatic heterocycles. The molecule has 0 aliphatic carbocycles. The van der Waals surface area contributed by atoms with Crippen LogP contribution in [0.25, 0.3) is 0 Å². The predicted octanol–water partition coefficient (Wildman–Crippen LogP) is 1.67. The minimum absolute atomic E-state index is 0.0116. The summed E-state index contributed by atoms with van der Waals surface area (Å²) >= 11 is 5.63. The summed E-state index contributed by atoms with van der Waals surface area (Å²) in [7, 11) is 0. The molecule has 1 N–H and O–H groups in total. The SMILES string of the molecule is OCC1COCCN1Cc1ccc(Cl)c(F)c1. The van der Waals surface area contributed by atoms with Crippen molar-refractivity contribution in [1.29, 1.82) is 0 Å². The van der Waals surface area contributed by atoms with Gasteiger partial charge in [-0.3, -0.25) is 4.90 Å². The highest BCUT2D eigenvalue weighted by atomic mass is 35.5. The summed E-state index contributed by atoms with van der Waals surface area (Å²) in [5.41, 5.74) is 0.854. The van der Waals surface area contributed by atoms with Gasteiger partial charge in [-0.15, -0.1) is 0 Å². The number of aliphatic hydroxyl groups is 1. The molecule has 2 rings (SSSR count). The molecule has 1 saturated heterocycles. The highest BCUT2D eigenvalue weighted by Gasteiger charge is 2.22. The Labute approximate surface area is 105 Å².